The summed E-state index contributed by atoms with van der Waals surface area (Å²) in [5.41, 5.74) is 1.02. The smallest absolute Gasteiger partial charge is 0.222 e. The van der Waals surface area contributed by atoms with Gasteiger partial charge in [-0.05, 0) is 31.2 Å². The highest BCUT2D eigenvalue weighted by Gasteiger charge is 2.35. The molecule has 0 aliphatic carbocycles. The normalized spacial score (nSPS) is 16.1. The first-order chi connectivity index (χ1) is 12.8. The summed E-state index contributed by atoms with van der Waals surface area (Å²) in [6.45, 7) is 2.47. The molecule has 27 heavy (non-hydrogen) atoms. The largest absolute Gasteiger partial charge is 0.343 e. The van der Waals surface area contributed by atoms with Crippen LogP contribution in [0.15, 0.2) is 30.3 Å². The Morgan fingerprint density at radius 2 is 1.78 bits per heavy atom. The SMILES string of the molecule is CCl.C[N+](C)(C)CCCC(=O)N1CCC(C#N)(CCc2ccccc2)CC1. The number of benzene rings is 1. The summed E-state index contributed by atoms with van der Waals surface area (Å²) >= 11 is 4.64. The minimum absolute atomic E-state index is 0.253. The van der Waals surface area contributed by atoms with Crippen LogP contribution in [0.2, 0.25) is 0 Å². The molecule has 2 rings (SSSR count). The minimum Gasteiger partial charge on any atom is -0.343 e. The Balaban J connectivity index is 0.00000176. The van der Waals surface area contributed by atoms with Crippen molar-refractivity contribution in [2.45, 2.75) is 38.5 Å². The number of alkyl halides is 1. The van der Waals surface area contributed by atoms with Gasteiger partial charge in [-0.25, -0.2) is 0 Å². The van der Waals surface area contributed by atoms with Crippen LogP contribution in [0.4, 0.5) is 0 Å². The maximum atomic E-state index is 12.4. The number of hydrogen-bond donors (Lipinski definition) is 0. The topological polar surface area (TPSA) is 44.1 Å². The molecule has 1 aromatic carbocycles. The van der Waals surface area contributed by atoms with Crippen LogP contribution in [0.1, 0.15) is 37.7 Å². The summed E-state index contributed by atoms with van der Waals surface area (Å²) in [6, 6.07) is 12.9. The molecule has 0 atom stereocenters. The Labute approximate surface area is 170 Å². The van der Waals surface area contributed by atoms with E-state index in [2.05, 4.69) is 50.9 Å². The molecule has 0 N–H and O–H groups in total. The molecule has 1 amide bonds. The summed E-state index contributed by atoms with van der Waals surface area (Å²) in [5, 5.41) is 9.72. The maximum Gasteiger partial charge on any atom is 0.222 e. The third-order valence-electron chi connectivity index (χ3n) is 5.27. The summed E-state index contributed by atoms with van der Waals surface area (Å²) < 4.78 is 0.893. The molecule has 0 spiro atoms. The summed E-state index contributed by atoms with van der Waals surface area (Å²) in [7, 11) is 6.46. The molecule has 0 unspecified atom stereocenters. The van der Waals surface area contributed by atoms with E-state index in [1.807, 2.05) is 23.1 Å². The van der Waals surface area contributed by atoms with Gasteiger partial charge in [0.05, 0.1) is 39.2 Å². The van der Waals surface area contributed by atoms with E-state index in [1.54, 1.807) is 0 Å². The summed E-state index contributed by atoms with van der Waals surface area (Å²) in [4.78, 5) is 14.4. The molecule has 1 saturated heterocycles. The van der Waals surface area contributed by atoms with Crippen molar-refractivity contribution in [3.05, 3.63) is 35.9 Å². The van der Waals surface area contributed by atoms with Crippen LogP contribution in [-0.4, -0.2) is 62.5 Å². The van der Waals surface area contributed by atoms with Gasteiger partial charge in [-0.15, -0.1) is 11.6 Å². The molecule has 150 valence electrons. The number of carbonyl (C=O) groups excluding carboxylic acids is 1. The Bertz CT molecular complexity index is 596. The van der Waals surface area contributed by atoms with Crippen molar-refractivity contribution < 1.29 is 9.28 Å². The van der Waals surface area contributed by atoms with Crippen LogP contribution in [0.5, 0.6) is 0 Å². The number of carbonyl (C=O) groups is 1. The van der Waals surface area contributed by atoms with Gasteiger partial charge in [0.2, 0.25) is 5.91 Å². The van der Waals surface area contributed by atoms with Gasteiger partial charge in [0, 0.05) is 32.3 Å². The number of quaternary nitrogens is 1. The van der Waals surface area contributed by atoms with Crippen molar-refractivity contribution >= 4 is 17.5 Å². The van der Waals surface area contributed by atoms with E-state index in [-0.39, 0.29) is 11.3 Å². The molecule has 5 heteroatoms. The highest BCUT2D eigenvalue weighted by molar-refractivity contribution is 6.15. The first-order valence-corrected chi connectivity index (χ1v) is 10.5. The number of aryl methyl sites for hydroxylation is 1. The van der Waals surface area contributed by atoms with Crippen molar-refractivity contribution in [3.63, 3.8) is 0 Å². The first kappa shape index (κ1) is 23.5. The lowest BCUT2D eigenvalue weighted by molar-refractivity contribution is -0.870. The zero-order valence-corrected chi connectivity index (χ0v) is 18.1. The molecule has 0 bridgehead atoms. The molecule has 0 saturated carbocycles. The number of nitrogens with zero attached hydrogens (tertiary/aromatic N) is 3. The van der Waals surface area contributed by atoms with Crippen LogP contribution in [-0.2, 0) is 11.2 Å². The van der Waals surface area contributed by atoms with Gasteiger partial charge in [0.15, 0.2) is 0 Å². The van der Waals surface area contributed by atoms with E-state index in [1.165, 1.54) is 11.9 Å². The Hall–Kier alpha value is -1.57. The molecule has 1 aliphatic heterocycles. The Morgan fingerprint density at radius 1 is 1.19 bits per heavy atom. The van der Waals surface area contributed by atoms with Gasteiger partial charge >= 0.3 is 0 Å². The molecule has 1 aliphatic rings. The number of hydrogen-bond acceptors (Lipinski definition) is 2. The lowest BCUT2D eigenvalue weighted by Gasteiger charge is -2.37. The van der Waals surface area contributed by atoms with Crippen molar-refractivity contribution in [1.82, 2.24) is 4.90 Å². The number of rotatable bonds is 7. The molecular weight excluding hydrogens is 358 g/mol. The maximum absolute atomic E-state index is 12.4. The van der Waals surface area contributed by atoms with Gasteiger partial charge in [-0.1, -0.05) is 30.3 Å². The van der Waals surface area contributed by atoms with Crippen molar-refractivity contribution in [1.29, 1.82) is 5.26 Å². The number of halogens is 1. The van der Waals surface area contributed by atoms with Crippen LogP contribution in [0.25, 0.3) is 0 Å². The number of amides is 1. The third-order valence-corrected chi connectivity index (χ3v) is 5.27. The lowest BCUT2D eigenvalue weighted by Crippen LogP contribution is -2.43. The fourth-order valence-electron chi connectivity index (χ4n) is 3.49. The van der Waals surface area contributed by atoms with Gasteiger partial charge in [0.25, 0.3) is 0 Å². The average molecular weight is 393 g/mol. The van der Waals surface area contributed by atoms with Crippen molar-refractivity contribution in [3.8, 4) is 6.07 Å². The monoisotopic (exact) mass is 392 g/mol. The summed E-state index contributed by atoms with van der Waals surface area (Å²) in [6.07, 6.45) is 6.45. The minimum atomic E-state index is -0.269. The van der Waals surface area contributed by atoms with Crippen LogP contribution in [0.3, 0.4) is 0 Å². The fourth-order valence-corrected chi connectivity index (χ4v) is 3.49. The van der Waals surface area contributed by atoms with Crippen LogP contribution in [0, 0.1) is 16.7 Å². The highest BCUT2D eigenvalue weighted by atomic mass is 35.5. The van der Waals surface area contributed by atoms with Crippen molar-refractivity contribution in [2.75, 3.05) is 47.2 Å². The van der Waals surface area contributed by atoms with Crippen LogP contribution >= 0.6 is 11.6 Å². The predicted octanol–water partition coefficient (Wildman–Crippen LogP) is 4.09. The third kappa shape index (κ3) is 8.32. The zero-order chi connectivity index (χ0) is 20.3. The molecular formula is C22H35ClN3O+. The molecule has 4 nitrogen and oxygen atoms in total. The first-order valence-electron chi connectivity index (χ1n) is 9.75. The van der Waals surface area contributed by atoms with E-state index in [9.17, 15) is 10.1 Å². The van der Waals surface area contributed by atoms with E-state index in [0.717, 1.165) is 56.2 Å². The number of likely N-dealkylation sites (tertiary alicyclic amines) is 1. The van der Waals surface area contributed by atoms with E-state index < -0.39 is 0 Å². The Morgan fingerprint density at radius 3 is 2.30 bits per heavy atom. The molecule has 0 aromatic heterocycles. The number of piperidine rings is 1. The van der Waals surface area contributed by atoms with Crippen LogP contribution < -0.4 is 0 Å². The second-order valence-corrected chi connectivity index (χ2v) is 8.38. The summed E-state index contributed by atoms with van der Waals surface area (Å²) in [5.74, 6) is 0.253. The van der Waals surface area contributed by atoms with Crippen molar-refractivity contribution in [2.24, 2.45) is 5.41 Å². The molecule has 1 heterocycles. The Kier molecular flexibility index (Phi) is 9.83. The number of nitriles is 1. The fraction of sp³-hybridized carbons (Fsp3) is 0.636. The van der Waals surface area contributed by atoms with Gasteiger partial charge < -0.3 is 9.38 Å². The van der Waals surface area contributed by atoms with E-state index in [4.69, 9.17) is 0 Å². The van der Waals surface area contributed by atoms with Gasteiger partial charge in [-0.3, -0.25) is 4.79 Å². The standard InChI is InChI=1S/C21H32N3O.CH3Cl/c1-24(2,3)17-7-10-20(25)23-15-13-21(18-22,14-16-23)12-11-19-8-5-4-6-9-19;1-2/h4-6,8-9H,7,10-17H2,1-3H3;1H3/q+1;. The quantitative estimate of drug-likeness (QED) is 0.518. The average Bonchev–Trinajstić information content (AvgIpc) is 2.68. The van der Waals surface area contributed by atoms with Gasteiger partial charge in [0.1, 0.15) is 0 Å². The second-order valence-electron chi connectivity index (χ2n) is 8.38. The molecule has 1 aromatic rings. The lowest BCUT2D eigenvalue weighted by atomic mass is 9.75. The van der Waals surface area contributed by atoms with E-state index in [0.29, 0.717) is 6.42 Å². The molecule has 1 fully saturated rings. The molecule has 0 radical (unpaired) electrons. The highest BCUT2D eigenvalue weighted by Crippen LogP contribution is 2.35. The zero-order valence-electron chi connectivity index (χ0n) is 17.4. The second kappa shape index (κ2) is 11.3. The van der Waals surface area contributed by atoms with E-state index >= 15 is 0 Å². The predicted molar refractivity (Wildman–Crippen MR) is 113 cm³/mol. The van der Waals surface area contributed by atoms with Gasteiger partial charge in [-0.2, -0.15) is 5.26 Å².